The zero-order chi connectivity index (χ0) is 24.4. The van der Waals surface area contributed by atoms with Crippen LogP contribution in [0, 0.1) is 30.1 Å². The normalized spacial score (nSPS) is 25.4. The molecule has 3 aromatic heterocycles. The van der Waals surface area contributed by atoms with Crippen molar-refractivity contribution in [3.8, 4) is 11.7 Å². The van der Waals surface area contributed by atoms with Gasteiger partial charge in [0.05, 0.1) is 24.1 Å². The van der Waals surface area contributed by atoms with Gasteiger partial charge in [0.25, 0.3) is 15.9 Å². The van der Waals surface area contributed by atoms with Crippen LogP contribution < -0.4 is 9.46 Å². The highest BCUT2D eigenvalue weighted by molar-refractivity contribution is 7.90. The molecule has 180 valence electrons. The molecule has 0 aliphatic heterocycles. The molecule has 3 fully saturated rings. The summed E-state index contributed by atoms with van der Waals surface area (Å²) in [4.78, 5) is 16.7. The fraction of sp³-hybridized carbons (Fsp3) is 0.455. The number of halogens is 1. The molecule has 34 heavy (non-hydrogen) atoms. The molecular weight excluding hydrogens is 480 g/mol. The maximum Gasteiger partial charge on any atom is 0.268 e. The molecule has 6 rings (SSSR count). The van der Waals surface area contributed by atoms with Gasteiger partial charge in [0.2, 0.25) is 5.88 Å². The third kappa shape index (κ3) is 3.40. The average Bonchev–Trinajstić information content (AvgIpc) is 3.39. The van der Waals surface area contributed by atoms with Crippen molar-refractivity contribution in [1.82, 2.24) is 29.3 Å². The summed E-state index contributed by atoms with van der Waals surface area (Å²) < 4.78 is 36.0. The number of carbonyl (C=O) groups is 1. The summed E-state index contributed by atoms with van der Waals surface area (Å²) in [5.41, 5.74) is 0.583. The van der Waals surface area contributed by atoms with E-state index in [4.69, 9.17) is 16.3 Å². The van der Waals surface area contributed by atoms with Crippen LogP contribution in [0.15, 0.2) is 35.5 Å². The Labute approximate surface area is 202 Å². The molecule has 3 aliphatic rings. The molecule has 3 aliphatic carbocycles. The van der Waals surface area contributed by atoms with E-state index in [1.54, 1.807) is 26.2 Å². The molecule has 0 saturated heterocycles. The lowest BCUT2D eigenvalue weighted by molar-refractivity contribution is -0.259. The second-order valence-corrected chi connectivity index (χ2v) is 11.2. The van der Waals surface area contributed by atoms with Gasteiger partial charge in [0.1, 0.15) is 10.0 Å². The van der Waals surface area contributed by atoms with E-state index in [9.17, 15) is 13.2 Å². The van der Waals surface area contributed by atoms with Crippen LogP contribution in [0.5, 0.6) is 5.88 Å². The Bertz CT molecular complexity index is 1390. The molecule has 0 aromatic carbocycles. The fourth-order valence-corrected chi connectivity index (χ4v) is 6.57. The summed E-state index contributed by atoms with van der Waals surface area (Å²) in [7, 11) is -2.51. The Balaban J connectivity index is 1.27. The maximum absolute atomic E-state index is 12.6. The largest absolute Gasteiger partial charge is 0.476 e. The lowest BCUT2D eigenvalue weighted by Gasteiger charge is -2.72. The second kappa shape index (κ2) is 7.81. The highest BCUT2D eigenvalue weighted by Gasteiger charge is 2.68. The predicted molar refractivity (Wildman–Crippen MR) is 123 cm³/mol. The average molecular weight is 505 g/mol. The molecule has 3 aromatic rings. The van der Waals surface area contributed by atoms with Crippen LogP contribution in [0.25, 0.3) is 5.82 Å². The Kier molecular flexibility index (Phi) is 5.25. The van der Waals surface area contributed by atoms with Crippen molar-refractivity contribution in [3.05, 3.63) is 47.0 Å². The summed E-state index contributed by atoms with van der Waals surface area (Å²) in [6.45, 7) is 6.79. The highest BCUT2D eigenvalue weighted by atomic mass is 35.5. The van der Waals surface area contributed by atoms with E-state index >= 15 is 0 Å². The standard InChI is InChI=1S/C22H25ClN6O4S/c1-12-16-9-22(12,13(16)2)11-33-19-7-8-29(26-19)18-6-5-15(20(23)25-18)21(30)27-34(31,32)17-10-24-28(4)14(17)3/h5-8,10,12-13,16H,9,11H2,1-4H3,(H,27,30)/t12-,13-,16?,22?/m1/s1. The van der Waals surface area contributed by atoms with Gasteiger partial charge in [-0.3, -0.25) is 9.48 Å². The van der Waals surface area contributed by atoms with Crippen molar-refractivity contribution in [2.24, 2.45) is 30.2 Å². The molecule has 2 bridgehead atoms. The van der Waals surface area contributed by atoms with Crippen LogP contribution in [0.2, 0.25) is 5.15 Å². The lowest BCUT2D eigenvalue weighted by atomic mass is 9.33. The van der Waals surface area contributed by atoms with Gasteiger partial charge in [0.15, 0.2) is 5.82 Å². The summed E-state index contributed by atoms with van der Waals surface area (Å²) in [5.74, 6) is 2.17. The number of rotatable bonds is 7. The highest BCUT2D eigenvalue weighted by Crippen LogP contribution is 2.72. The summed E-state index contributed by atoms with van der Waals surface area (Å²) >= 11 is 6.22. The molecule has 3 saturated carbocycles. The van der Waals surface area contributed by atoms with Gasteiger partial charge in [-0.2, -0.15) is 5.10 Å². The number of sulfonamides is 1. The van der Waals surface area contributed by atoms with E-state index in [1.807, 2.05) is 4.72 Å². The van der Waals surface area contributed by atoms with Crippen molar-refractivity contribution >= 4 is 27.5 Å². The van der Waals surface area contributed by atoms with Crippen molar-refractivity contribution < 1.29 is 17.9 Å². The Morgan fingerprint density at radius 3 is 2.62 bits per heavy atom. The summed E-state index contributed by atoms with van der Waals surface area (Å²) in [6, 6.07) is 4.68. The van der Waals surface area contributed by atoms with E-state index in [0.717, 1.165) is 5.92 Å². The van der Waals surface area contributed by atoms with Crippen LogP contribution in [-0.4, -0.2) is 45.5 Å². The predicted octanol–water partition coefficient (Wildman–Crippen LogP) is 2.75. The van der Waals surface area contributed by atoms with Crippen LogP contribution >= 0.6 is 11.6 Å². The lowest BCUT2D eigenvalue weighted by Crippen LogP contribution is -2.69. The van der Waals surface area contributed by atoms with Gasteiger partial charge in [-0.25, -0.2) is 22.8 Å². The zero-order valence-electron chi connectivity index (χ0n) is 19.2. The number of amides is 1. The first kappa shape index (κ1) is 22.9. The molecule has 10 nitrogen and oxygen atoms in total. The van der Waals surface area contributed by atoms with Crippen LogP contribution in [0.4, 0.5) is 0 Å². The number of nitrogens with zero attached hydrogens (tertiary/aromatic N) is 5. The van der Waals surface area contributed by atoms with E-state index in [1.165, 1.54) is 34.1 Å². The Morgan fingerprint density at radius 1 is 1.29 bits per heavy atom. The van der Waals surface area contributed by atoms with Gasteiger partial charge < -0.3 is 4.74 Å². The van der Waals surface area contributed by atoms with Gasteiger partial charge in [-0.05, 0) is 43.2 Å². The molecular formula is C22H25ClN6O4S. The second-order valence-electron chi connectivity index (χ2n) is 9.23. The van der Waals surface area contributed by atoms with Crippen molar-refractivity contribution in [2.45, 2.75) is 32.1 Å². The number of nitrogens with one attached hydrogen (secondary N) is 1. The number of pyridine rings is 1. The third-order valence-electron chi connectivity index (χ3n) is 7.79. The minimum Gasteiger partial charge on any atom is -0.476 e. The number of carbonyl (C=O) groups excluding carboxylic acids is 1. The molecule has 3 heterocycles. The zero-order valence-corrected chi connectivity index (χ0v) is 20.8. The van der Waals surface area contributed by atoms with Crippen LogP contribution in [0.1, 0.15) is 36.3 Å². The first-order chi connectivity index (χ1) is 16.0. The minimum atomic E-state index is -4.12. The van der Waals surface area contributed by atoms with Crippen molar-refractivity contribution in [3.63, 3.8) is 0 Å². The SMILES string of the molecule is Cc1c(S(=O)(=O)NC(=O)c2ccc(-n3ccc(OCC45CC([C@H]4C)[C@H]5C)n3)nc2Cl)cnn1C. The molecule has 1 N–H and O–H groups in total. The topological polar surface area (TPSA) is 121 Å². The number of aromatic nitrogens is 5. The van der Waals surface area contributed by atoms with E-state index < -0.39 is 15.9 Å². The van der Waals surface area contributed by atoms with Gasteiger partial charge >= 0.3 is 0 Å². The number of ether oxygens (including phenoxy) is 1. The molecule has 0 unspecified atom stereocenters. The molecule has 12 heteroatoms. The van der Waals surface area contributed by atoms with E-state index in [2.05, 4.69) is 29.0 Å². The fourth-order valence-electron chi connectivity index (χ4n) is 5.16. The quantitative estimate of drug-likeness (QED) is 0.491. The van der Waals surface area contributed by atoms with Gasteiger partial charge in [-0.15, -0.1) is 5.10 Å². The monoisotopic (exact) mass is 504 g/mol. The van der Waals surface area contributed by atoms with Crippen molar-refractivity contribution in [1.29, 1.82) is 0 Å². The summed E-state index contributed by atoms with van der Waals surface area (Å²) in [6.07, 6.45) is 4.09. The van der Waals surface area contributed by atoms with Crippen LogP contribution in [-0.2, 0) is 17.1 Å². The first-order valence-corrected chi connectivity index (χ1v) is 12.8. The Hall–Kier alpha value is -2.92. The molecule has 1 amide bonds. The number of hydrogen-bond donors (Lipinski definition) is 1. The first-order valence-electron chi connectivity index (χ1n) is 10.9. The summed E-state index contributed by atoms with van der Waals surface area (Å²) in [5, 5.41) is 8.15. The molecule has 0 radical (unpaired) electrons. The smallest absolute Gasteiger partial charge is 0.268 e. The minimum absolute atomic E-state index is 0.0780. The maximum atomic E-state index is 12.6. The molecule has 0 spiro atoms. The Morgan fingerprint density at radius 2 is 2.03 bits per heavy atom. The van der Waals surface area contributed by atoms with Crippen LogP contribution in [0.3, 0.4) is 0 Å². The third-order valence-corrected chi connectivity index (χ3v) is 9.51. The van der Waals surface area contributed by atoms with E-state index in [0.29, 0.717) is 35.8 Å². The number of aryl methyl sites for hydroxylation is 1. The molecule has 2 atom stereocenters. The van der Waals surface area contributed by atoms with E-state index in [-0.39, 0.29) is 21.0 Å². The van der Waals surface area contributed by atoms with Gasteiger partial charge in [-0.1, -0.05) is 25.4 Å². The van der Waals surface area contributed by atoms with Gasteiger partial charge in [0, 0.05) is 24.7 Å². The van der Waals surface area contributed by atoms with Crippen molar-refractivity contribution in [2.75, 3.05) is 6.61 Å². The number of hydrogen-bond acceptors (Lipinski definition) is 7.